The van der Waals surface area contributed by atoms with Crippen LogP contribution in [-0.2, 0) is 19.4 Å². The van der Waals surface area contributed by atoms with Crippen molar-refractivity contribution in [3.8, 4) is 5.75 Å². The van der Waals surface area contributed by atoms with Crippen LogP contribution in [0.15, 0.2) is 59.5 Å². The van der Waals surface area contributed by atoms with Gasteiger partial charge in [0.25, 0.3) is 0 Å². The maximum Gasteiger partial charge on any atom is 0.221 e. The molecule has 0 heterocycles. The second-order valence-corrected chi connectivity index (χ2v) is 7.76. The zero-order valence-corrected chi connectivity index (χ0v) is 15.7. The van der Waals surface area contributed by atoms with Crippen molar-refractivity contribution in [1.29, 1.82) is 0 Å². The molecule has 1 unspecified atom stereocenters. The van der Waals surface area contributed by atoms with Gasteiger partial charge in [-0.1, -0.05) is 36.4 Å². The average Bonchev–Trinajstić information content (AvgIpc) is 2.68. The van der Waals surface area contributed by atoms with Crippen LogP contribution in [0.2, 0.25) is 0 Å². The number of nitrogens with one attached hydrogen (secondary N) is 1. The molecule has 140 valence electrons. The molecule has 0 radical (unpaired) electrons. The number of para-hydroxylation sites is 1. The highest BCUT2D eigenvalue weighted by atomic mass is 32.2. The number of carbonyl (C=O) groups excluding carboxylic acids is 1. The molecule has 26 heavy (non-hydrogen) atoms. The van der Waals surface area contributed by atoms with E-state index in [1.807, 2.05) is 24.3 Å². The topological polar surface area (TPSA) is 81.7 Å². The molecule has 1 atom stereocenters. The van der Waals surface area contributed by atoms with Gasteiger partial charge in [0.15, 0.2) is 9.84 Å². The molecule has 1 N–H and O–H groups in total. The summed E-state index contributed by atoms with van der Waals surface area (Å²) >= 11 is 0. The Hall–Kier alpha value is -2.38. The van der Waals surface area contributed by atoms with Crippen molar-refractivity contribution in [3.63, 3.8) is 0 Å². The third kappa shape index (κ3) is 5.31. The van der Waals surface area contributed by atoms with E-state index in [-0.39, 0.29) is 35.6 Å². The highest BCUT2D eigenvalue weighted by molar-refractivity contribution is 7.91. The molecule has 7 heteroatoms. The zero-order valence-electron chi connectivity index (χ0n) is 14.8. The van der Waals surface area contributed by atoms with Gasteiger partial charge >= 0.3 is 0 Å². The molecule has 0 aliphatic carbocycles. The molecule has 2 aromatic rings. The summed E-state index contributed by atoms with van der Waals surface area (Å²) < 4.78 is 35.2. The van der Waals surface area contributed by atoms with Crippen LogP contribution >= 0.6 is 0 Å². The molecular formula is C19H23NO5S. The summed E-state index contributed by atoms with van der Waals surface area (Å²) in [5, 5.41) is 2.72. The number of rotatable bonds is 9. The van der Waals surface area contributed by atoms with Gasteiger partial charge in [-0.15, -0.1) is 0 Å². The minimum absolute atomic E-state index is 0.112. The minimum Gasteiger partial charge on any atom is -0.496 e. The summed E-state index contributed by atoms with van der Waals surface area (Å²) in [6, 6.07) is 15.5. The van der Waals surface area contributed by atoms with Gasteiger partial charge in [-0.3, -0.25) is 4.79 Å². The number of hydrogen-bond acceptors (Lipinski definition) is 5. The Labute approximate surface area is 154 Å². The molecule has 0 bridgehead atoms. The van der Waals surface area contributed by atoms with Crippen LogP contribution in [0, 0.1) is 0 Å². The number of hydrogen-bond donors (Lipinski definition) is 1. The lowest BCUT2D eigenvalue weighted by Gasteiger charge is -2.19. The molecule has 0 spiro atoms. The monoisotopic (exact) mass is 377 g/mol. The Balaban J connectivity index is 1.91. The Morgan fingerprint density at radius 3 is 2.35 bits per heavy atom. The number of carbonyl (C=O) groups is 1. The lowest BCUT2D eigenvalue weighted by atomic mass is 10.1. The van der Waals surface area contributed by atoms with E-state index < -0.39 is 9.84 Å². The first-order valence-electron chi connectivity index (χ1n) is 8.18. The predicted molar refractivity (Wildman–Crippen MR) is 98.9 cm³/mol. The van der Waals surface area contributed by atoms with E-state index in [0.29, 0.717) is 5.75 Å². The summed E-state index contributed by atoms with van der Waals surface area (Å²) in [6.07, 6.45) is -0.500. The van der Waals surface area contributed by atoms with Crippen LogP contribution in [0.4, 0.5) is 0 Å². The first-order chi connectivity index (χ1) is 12.5. The summed E-state index contributed by atoms with van der Waals surface area (Å²) in [5.41, 5.74) is 0.815. The lowest BCUT2D eigenvalue weighted by Crippen LogP contribution is -2.30. The predicted octanol–water partition coefficient (Wildman–Crippen LogP) is 2.36. The van der Waals surface area contributed by atoms with E-state index in [9.17, 15) is 13.2 Å². The van der Waals surface area contributed by atoms with Gasteiger partial charge in [-0.2, -0.15) is 0 Å². The van der Waals surface area contributed by atoms with E-state index in [0.717, 1.165) is 5.56 Å². The highest BCUT2D eigenvalue weighted by Gasteiger charge is 2.19. The van der Waals surface area contributed by atoms with Crippen molar-refractivity contribution in [2.24, 2.45) is 0 Å². The van der Waals surface area contributed by atoms with Gasteiger partial charge < -0.3 is 14.8 Å². The van der Waals surface area contributed by atoms with Crippen LogP contribution in [0.5, 0.6) is 5.75 Å². The standard InChI is InChI=1S/C19H23NO5S/c1-24-17-11-7-6-10-16(17)18(25-2)14-20-19(21)12-13-26(22,23)15-8-4-3-5-9-15/h3-11,18H,12-14H2,1-2H3,(H,20,21). The fourth-order valence-electron chi connectivity index (χ4n) is 2.52. The molecule has 0 saturated carbocycles. The van der Waals surface area contributed by atoms with Gasteiger partial charge in [0.2, 0.25) is 5.91 Å². The second-order valence-electron chi connectivity index (χ2n) is 5.65. The normalized spacial score (nSPS) is 12.4. The van der Waals surface area contributed by atoms with E-state index in [1.165, 1.54) is 12.1 Å². The number of amides is 1. The van der Waals surface area contributed by atoms with E-state index in [4.69, 9.17) is 9.47 Å². The van der Waals surface area contributed by atoms with Crippen molar-refractivity contribution in [2.45, 2.75) is 17.4 Å². The molecule has 0 saturated heterocycles. The molecule has 2 aromatic carbocycles. The molecule has 6 nitrogen and oxygen atoms in total. The average molecular weight is 377 g/mol. The number of methoxy groups -OCH3 is 2. The fourth-order valence-corrected chi connectivity index (χ4v) is 3.78. The summed E-state index contributed by atoms with van der Waals surface area (Å²) in [6.45, 7) is 0.223. The van der Waals surface area contributed by atoms with Gasteiger partial charge in [-0.05, 0) is 18.2 Å². The Morgan fingerprint density at radius 1 is 1.04 bits per heavy atom. The molecule has 1 amide bonds. The van der Waals surface area contributed by atoms with Crippen LogP contribution in [-0.4, -0.2) is 40.8 Å². The third-order valence-electron chi connectivity index (χ3n) is 3.96. The van der Waals surface area contributed by atoms with Crippen LogP contribution < -0.4 is 10.1 Å². The quantitative estimate of drug-likeness (QED) is 0.725. The first-order valence-corrected chi connectivity index (χ1v) is 9.83. The maximum atomic E-state index is 12.2. The Bertz CT molecular complexity index is 821. The van der Waals surface area contributed by atoms with Crippen molar-refractivity contribution < 1.29 is 22.7 Å². The van der Waals surface area contributed by atoms with E-state index in [2.05, 4.69) is 5.32 Å². The molecule has 0 aromatic heterocycles. The van der Waals surface area contributed by atoms with E-state index in [1.54, 1.807) is 32.4 Å². The van der Waals surface area contributed by atoms with Crippen molar-refractivity contribution in [2.75, 3.05) is 26.5 Å². The van der Waals surface area contributed by atoms with Crippen molar-refractivity contribution in [3.05, 3.63) is 60.2 Å². The van der Waals surface area contributed by atoms with Gasteiger partial charge in [0, 0.05) is 25.6 Å². The molecule has 2 rings (SSSR count). The fraction of sp³-hybridized carbons (Fsp3) is 0.316. The summed E-state index contributed by atoms with van der Waals surface area (Å²) in [7, 11) is -0.362. The SMILES string of the molecule is COc1ccccc1C(CNC(=O)CCS(=O)(=O)c1ccccc1)OC. The highest BCUT2D eigenvalue weighted by Crippen LogP contribution is 2.26. The van der Waals surface area contributed by atoms with Crippen molar-refractivity contribution in [1.82, 2.24) is 5.32 Å². The number of benzene rings is 2. The van der Waals surface area contributed by atoms with Crippen LogP contribution in [0.3, 0.4) is 0 Å². The summed E-state index contributed by atoms with van der Waals surface area (Å²) in [5.74, 6) is 0.0801. The second kappa shape index (κ2) is 9.35. The smallest absolute Gasteiger partial charge is 0.221 e. The van der Waals surface area contributed by atoms with Crippen LogP contribution in [0.1, 0.15) is 18.1 Å². The molecule has 0 aliphatic heterocycles. The molecule has 0 fully saturated rings. The molecule has 0 aliphatic rings. The number of sulfone groups is 1. The summed E-state index contributed by atoms with van der Waals surface area (Å²) in [4.78, 5) is 12.3. The van der Waals surface area contributed by atoms with E-state index >= 15 is 0 Å². The largest absolute Gasteiger partial charge is 0.496 e. The lowest BCUT2D eigenvalue weighted by molar-refractivity contribution is -0.121. The minimum atomic E-state index is -3.47. The number of ether oxygens (including phenoxy) is 2. The Kier molecular flexibility index (Phi) is 7.17. The first kappa shape index (κ1) is 19.9. The maximum absolute atomic E-state index is 12.2. The van der Waals surface area contributed by atoms with Gasteiger partial charge in [0.1, 0.15) is 11.9 Å². The third-order valence-corrected chi connectivity index (χ3v) is 5.69. The van der Waals surface area contributed by atoms with Crippen LogP contribution in [0.25, 0.3) is 0 Å². The zero-order chi connectivity index (χ0) is 19.0. The van der Waals surface area contributed by atoms with Gasteiger partial charge in [0.05, 0.1) is 17.8 Å². The van der Waals surface area contributed by atoms with Gasteiger partial charge in [-0.25, -0.2) is 8.42 Å². The molecular weight excluding hydrogens is 354 g/mol. The van der Waals surface area contributed by atoms with Crippen molar-refractivity contribution >= 4 is 15.7 Å². The Morgan fingerprint density at radius 2 is 1.69 bits per heavy atom.